The number of rotatable bonds is 1. The van der Waals surface area contributed by atoms with Crippen molar-refractivity contribution >= 4 is 0 Å². The minimum atomic E-state index is -1.49. The molecule has 1 aromatic rings. The van der Waals surface area contributed by atoms with Crippen molar-refractivity contribution in [1.29, 1.82) is 0 Å². The van der Waals surface area contributed by atoms with Gasteiger partial charge in [0.1, 0.15) is 11.5 Å². The molecular weight excluding hydrogens is 196 g/mol. The molecule has 0 aliphatic carbocycles. The Balaban J connectivity index is 2.30. The first kappa shape index (κ1) is 10.6. The molecule has 1 aromatic carbocycles. The van der Waals surface area contributed by atoms with Gasteiger partial charge >= 0.3 is 0 Å². The van der Waals surface area contributed by atoms with Gasteiger partial charge in [0.05, 0.1) is 0 Å². The summed E-state index contributed by atoms with van der Waals surface area (Å²) >= 11 is 0. The molecule has 1 heterocycles. The van der Waals surface area contributed by atoms with E-state index in [0.29, 0.717) is 19.4 Å². The average Bonchev–Trinajstić information content (AvgIpc) is 2.44. The molecule has 82 valence electrons. The summed E-state index contributed by atoms with van der Waals surface area (Å²) < 4.78 is 28.0. The maximum Gasteiger partial charge on any atom is 0.140 e. The average molecular weight is 211 g/mol. The SMILES string of the molecule is Fc1ccccc1C1(F)CCCNCC1. The normalized spacial score (nSPS) is 27.3. The van der Waals surface area contributed by atoms with Crippen molar-refractivity contribution in [3.8, 4) is 0 Å². The van der Waals surface area contributed by atoms with Crippen LogP contribution >= 0.6 is 0 Å². The number of hydrogen-bond acceptors (Lipinski definition) is 1. The molecular formula is C12H15F2N. The molecule has 0 aromatic heterocycles. The summed E-state index contributed by atoms with van der Waals surface area (Å²) in [5.41, 5.74) is -1.27. The third kappa shape index (κ3) is 2.17. The Kier molecular flexibility index (Phi) is 3.00. The van der Waals surface area contributed by atoms with Crippen molar-refractivity contribution in [1.82, 2.24) is 5.32 Å². The van der Waals surface area contributed by atoms with Crippen LogP contribution < -0.4 is 5.32 Å². The molecule has 1 atom stereocenters. The van der Waals surface area contributed by atoms with E-state index in [-0.39, 0.29) is 5.56 Å². The lowest BCUT2D eigenvalue weighted by Crippen LogP contribution is -2.23. The lowest BCUT2D eigenvalue weighted by atomic mass is 9.88. The Morgan fingerprint density at radius 2 is 1.93 bits per heavy atom. The van der Waals surface area contributed by atoms with E-state index in [2.05, 4.69) is 5.32 Å². The summed E-state index contributed by atoms with van der Waals surface area (Å²) in [6, 6.07) is 6.17. The fourth-order valence-corrected chi connectivity index (χ4v) is 2.12. The molecule has 0 saturated carbocycles. The molecule has 1 aliphatic heterocycles. The Morgan fingerprint density at radius 3 is 2.73 bits per heavy atom. The van der Waals surface area contributed by atoms with Gasteiger partial charge in [-0.3, -0.25) is 0 Å². The van der Waals surface area contributed by atoms with E-state index in [1.165, 1.54) is 6.07 Å². The smallest absolute Gasteiger partial charge is 0.140 e. The topological polar surface area (TPSA) is 12.0 Å². The number of benzene rings is 1. The van der Waals surface area contributed by atoms with E-state index in [1.54, 1.807) is 18.2 Å². The van der Waals surface area contributed by atoms with Gasteiger partial charge in [-0.2, -0.15) is 0 Å². The van der Waals surface area contributed by atoms with Gasteiger partial charge in [0.2, 0.25) is 0 Å². The van der Waals surface area contributed by atoms with Crippen LogP contribution in [0.5, 0.6) is 0 Å². The maximum absolute atomic E-state index is 14.5. The molecule has 3 heteroatoms. The monoisotopic (exact) mass is 211 g/mol. The van der Waals surface area contributed by atoms with Crippen LogP contribution in [0, 0.1) is 5.82 Å². The zero-order valence-corrected chi connectivity index (χ0v) is 8.60. The predicted octanol–water partition coefficient (Wildman–Crippen LogP) is 2.76. The van der Waals surface area contributed by atoms with Gasteiger partial charge in [-0.15, -0.1) is 0 Å². The van der Waals surface area contributed by atoms with E-state index >= 15 is 0 Å². The van der Waals surface area contributed by atoms with Crippen LogP contribution in [-0.4, -0.2) is 13.1 Å². The minimum absolute atomic E-state index is 0.216. The predicted molar refractivity (Wildman–Crippen MR) is 55.9 cm³/mol. The van der Waals surface area contributed by atoms with Crippen molar-refractivity contribution in [2.75, 3.05) is 13.1 Å². The van der Waals surface area contributed by atoms with Crippen LogP contribution in [0.1, 0.15) is 24.8 Å². The standard InChI is InChI=1S/C12H15F2N/c13-11-5-2-1-4-10(11)12(14)6-3-8-15-9-7-12/h1-2,4-5,15H,3,6-9H2. The fourth-order valence-electron chi connectivity index (χ4n) is 2.12. The number of halogens is 2. The van der Waals surface area contributed by atoms with Gasteiger partial charge in [0, 0.05) is 5.56 Å². The van der Waals surface area contributed by atoms with Crippen LogP contribution in [0.3, 0.4) is 0 Å². The first-order valence-electron chi connectivity index (χ1n) is 5.37. The second-order valence-electron chi connectivity index (χ2n) is 4.05. The minimum Gasteiger partial charge on any atom is -0.317 e. The Morgan fingerprint density at radius 1 is 1.13 bits per heavy atom. The third-order valence-corrected chi connectivity index (χ3v) is 2.98. The molecule has 1 aliphatic rings. The molecule has 1 unspecified atom stereocenters. The van der Waals surface area contributed by atoms with Crippen molar-refractivity contribution < 1.29 is 8.78 Å². The highest BCUT2D eigenvalue weighted by Crippen LogP contribution is 2.36. The van der Waals surface area contributed by atoms with E-state index < -0.39 is 11.5 Å². The van der Waals surface area contributed by atoms with Crippen LogP contribution in [0.4, 0.5) is 8.78 Å². The zero-order valence-electron chi connectivity index (χ0n) is 8.60. The second-order valence-corrected chi connectivity index (χ2v) is 4.05. The van der Waals surface area contributed by atoms with Gasteiger partial charge < -0.3 is 5.32 Å². The first-order chi connectivity index (χ1) is 7.22. The number of alkyl halides is 1. The summed E-state index contributed by atoms with van der Waals surface area (Å²) in [5, 5.41) is 3.13. The zero-order chi connectivity index (χ0) is 10.7. The molecule has 1 nitrogen and oxygen atoms in total. The van der Waals surface area contributed by atoms with Crippen LogP contribution in [-0.2, 0) is 5.67 Å². The van der Waals surface area contributed by atoms with Crippen molar-refractivity contribution in [3.05, 3.63) is 35.6 Å². The van der Waals surface area contributed by atoms with Crippen molar-refractivity contribution in [3.63, 3.8) is 0 Å². The number of nitrogens with one attached hydrogen (secondary N) is 1. The van der Waals surface area contributed by atoms with Gasteiger partial charge in [0.25, 0.3) is 0 Å². The Labute approximate surface area is 88.5 Å². The lowest BCUT2D eigenvalue weighted by Gasteiger charge is -2.24. The fraction of sp³-hybridized carbons (Fsp3) is 0.500. The van der Waals surface area contributed by atoms with Crippen LogP contribution in [0.2, 0.25) is 0 Å². The summed E-state index contributed by atoms with van der Waals surface area (Å²) in [4.78, 5) is 0. The van der Waals surface area contributed by atoms with Crippen molar-refractivity contribution in [2.45, 2.75) is 24.9 Å². The van der Waals surface area contributed by atoms with E-state index in [0.717, 1.165) is 13.0 Å². The quantitative estimate of drug-likeness (QED) is 0.753. The molecule has 2 rings (SSSR count). The lowest BCUT2D eigenvalue weighted by molar-refractivity contribution is 0.139. The molecule has 1 fully saturated rings. The highest BCUT2D eigenvalue weighted by Gasteiger charge is 2.34. The largest absolute Gasteiger partial charge is 0.317 e. The van der Waals surface area contributed by atoms with Gasteiger partial charge in [-0.1, -0.05) is 18.2 Å². The highest BCUT2D eigenvalue weighted by molar-refractivity contribution is 5.24. The summed E-state index contributed by atoms with van der Waals surface area (Å²) in [5.74, 6) is -0.429. The Bertz CT molecular complexity index is 330. The van der Waals surface area contributed by atoms with Gasteiger partial charge in [0.15, 0.2) is 0 Å². The maximum atomic E-state index is 14.5. The number of hydrogen-bond donors (Lipinski definition) is 1. The first-order valence-corrected chi connectivity index (χ1v) is 5.37. The Hall–Kier alpha value is -0.960. The molecule has 0 bridgehead atoms. The molecule has 15 heavy (non-hydrogen) atoms. The van der Waals surface area contributed by atoms with E-state index in [4.69, 9.17) is 0 Å². The van der Waals surface area contributed by atoms with Crippen molar-refractivity contribution in [2.24, 2.45) is 0 Å². The molecule has 0 amide bonds. The molecule has 1 saturated heterocycles. The van der Waals surface area contributed by atoms with Crippen LogP contribution in [0.25, 0.3) is 0 Å². The second kappa shape index (κ2) is 4.27. The van der Waals surface area contributed by atoms with E-state index in [1.807, 2.05) is 0 Å². The summed E-state index contributed by atoms with van der Waals surface area (Å²) in [7, 11) is 0. The van der Waals surface area contributed by atoms with Crippen LogP contribution in [0.15, 0.2) is 24.3 Å². The highest BCUT2D eigenvalue weighted by atomic mass is 19.1. The molecule has 0 spiro atoms. The van der Waals surface area contributed by atoms with Gasteiger partial charge in [-0.25, -0.2) is 8.78 Å². The van der Waals surface area contributed by atoms with Gasteiger partial charge in [-0.05, 0) is 38.4 Å². The third-order valence-electron chi connectivity index (χ3n) is 2.98. The molecule has 1 N–H and O–H groups in total. The summed E-state index contributed by atoms with van der Waals surface area (Å²) in [6.45, 7) is 1.44. The van der Waals surface area contributed by atoms with E-state index in [9.17, 15) is 8.78 Å². The summed E-state index contributed by atoms with van der Waals surface area (Å²) in [6.07, 6.45) is 1.51. The molecule has 0 radical (unpaired) electrons.